The Morgan fingerprint density at radius 1 is 1.33 bits per heavy atom. The van der Waals surface area contributed by atoms with Crippen LogP contribution in [0.4, 0.5) is 0 Å². The average molecular weight is 332 g/mol. The maximum Gasteiger partial charge on any atom is 0.252 e. The van der Waals surface area contributed by atoms with Gasteiger partial charge in [-0.15, -0.1) is 0 Å². The summed E-state index contributed by atoms with van der Waals surface area (Å²) >= 11 is 11.6. The van der Waals surface area contributed by atoms with Crippen molar-refractivity contribution < 1.29 is 14.3 Å². The number of ether oxygens (including phenoxy) is 1. The van der Waals surface area contributed by atoms with Crippen molar-refractivity contribution in [3.8, 4) is 0 Å². The molecule has 1 aliphatic rings. The number of amides is 2. The molecule has 1 N–H and O–H groups in total. The highest BCUT2D eigenvalue weighted by Gasteiger charge is 2.17. The second kappa shape index (κ2) is 7.59. The number of carbonyl (C=O) groups excluding carboxylic acids is 2. The summed E-state index contributed by atoms with van der Waals surface area (Å²) in [5, 5.41) is 3.06. The molecule has 0 spiro atoms. The summed E-state index contributed by atoms with van der Waals surface area (Å²) in [5.74, 6) is -0.378. The molecular formula is C13H15Cl2N3O3. The fourth-order valence-electron chi connectivity index (χ4n) is 1.94. The highest BCUT2D eigenvalue weighted by molar-refractivity contribution is 6.35. The Morgan fingerprint density at radius 2 is 2.05 bits per heavy atom. The van der Waals surface area contributed by atoms with E-state index in [0.717, 1.165) is 0 Å². The molecule has 0 saturated carbocycles. The summed E-state index contributed by atoms with van der Waals surface area (Å²) in [6.07, 6.45) is 1.56. The molecule has 6 nitrogen and oxygen atoms in total. The van der Waals surface area contributed by atoms with E-state index in [1.807, 2.05) is 0 Å². The van der Waals surface area contributed by atoms with Crippen molar-refractivity contribution in [2.45, 2.75) is 6.42 Å². The average Bonchev–Trinajstić information content (AvgIpc) is 2.50. The molecule has 0 bridgehead atoms. The summed E-state index contributed by atoms with van der Waals surface area (Å²) in [7, 11) is 0. The lowest BCUT2D eigenvalue weighted by Gasteiger charge is -2.26. The molecule has 1 fully saturated rings. The smallest absolute Gasteiger partial charge is 0.252 e. The van der Waals surface area contributed by atoms with Crippen LogP contribution in [0.2, 0.25) is 10.2 Å². The van der Waals surface area contributed by atoms with E-state index in [2.05, 4.69) is 10.3 Å². The van der Waals surface area contributed by atoms with Crippen molar-refractivity contribution in [3.05, 3.63) is 28.0 Å². The van der Waals surface area contributed by atoms with Gasteiger partial charge in [0.05, 0.1) is 23.8 Å². The van der Waals surface area contributed by atoms with E-state index in [1.54, 1.807) is 4.90 Å². The molecule has 1 aromatic heterocycles. The first-order valence-electron chi connectivity index (χ1n) is 6.52. The number of rotatable bonds is 4. The molecule has 1 aliphatic heterocycles. The van der Waals surface area contributed by atoms with Gasteiger partial charge in [0.2, 0.25) is 5.91 Å². The maximum atomic E-state index is 11.9. The Labute approximate surface area is 132 Å². The maximum absolute atomic E-state index is 11.9. The summed E-state index contributed by atoms with van der Waals surface area (Å²) in [6, 6.07) is 1.39. The van der Waals surface area contributed by atoms with Crippen molar-refractivity contribution >= 4 is 35.0 Å². The summed E-state index contributed by atoms with van der Waals surface area (Å²) in [4.78, 5) is 29.3. The first-order valence-corrected chi connectivity index (χ1v) is 7.28. The van der Waals surface area contributed by atoms with Gasteiger partial charge in [-0.25, -0.2) is 4.98 Å². The van der Waals surface area contributed by atoms with Crippen molar-refractivity contribution in [1.29, 1.82) is 0 Å². The fourth-order valence-corrected chi connectivity index (χ4v) is 2.28. The Kier molecular flexibility index (Phi) is 5.78. The van der Waals surface area contributed by atoms with Crippen molar-refractivity contribution in [1.82, 2.24) is 15.2 Å². The van der Waals surface area contributed by atoms with E-state index in [4.69, 9.17) is 27.9 Å². The van der Waals surface area contributed by atoms with E-state index in [0.29, 0.717) is 26.3 Å². The van der Waals surface area contributed by atoms with Crippen molar-refractivity contribution in [2.24, 2.45) is 0 Å². The lowest BCUT2D eigenvalue weighted by atomic mass is 10.2. The Hall–Kier alpha value is -1.37. The molecule has 1 saturated heterocycles. The normalized spacial score (nSPS) is 14.9. The van der Waals surface area contributed by atoms with Crippen LogP contribution < -0.4 is 5.32 Å². The minimum atomic E-state index is -0.376. The van der Waals surface area contributed by atoms with E-state index in [9.17, 15) is 9.59 Å². The van der Waals surface area contributed by atoms with Gasteiger partial charge < -0.3 is 15.0 Å². The van der Waals surface area contributed by atoms with Crippen LogP contribution in [0.25, 0.3) is 0 Å². The molecule has 114 valence electrons. The number of hydrogen-bond donors (Lipinski definition) is 1. The van der Waals surface area contributed by atoms with E-state index in [1.165, 1.54) is 12.3 Å². The van der Waals surface area contributed by atoms with Gasteiger partial charge in [-0.1, -0.05) is 23.2 Å². The zero-order valence-corrected chi connectivity index (χ0v) is 12.8. The lowest BCUT2D eigenvalue weighted by molar-refractivity contribution is -0.135. The Morgan fingerprint density at radius 3 is 2.76 bits per heavy atom. The molecule has 0 unspecified atom stereocenters. The highest BCUT2D eigenvalue weighted by Crippen LogP contribution is 2.17. The third kappa shape index (κ3) is 4.56. The molecule has 0 radical (unpaired) electrons. The second-order valence-electron chi connectivity index (χ2n) is 4.49. The quantitative estimate of drug-likeness (QED) is 0.846. The highest BCUT2D eigenvalue weighted by atomic mass is 35.5. The number of nitrogens with one attached hydrogen (secondary N) is 1. The van der Waals surface area contributed by atoms with Gasteiger partial charge >= 0.3 is 0 Å². The Balaban J connectivity index is 1.81. The first kappa shape index (κ1) is 16.0. The zero-order valence-electron chi connectivity index (χ0n) is 11.3. The molecule has 21 heavy (non-hydrogen) atoms. The Bertz CT molecular complexity index is 533. The van der Waals surface area contributed by atoms with Crippen LogP contribution in [0.3, 0.4) is 0 Å². The number of morpholine rings is 1. The van der Waals surface area contributed by atoms with Gasteiger partial charge in [-0.2, -0.15) is 0 Å². The minimum Gasteiger partial charge on any atom is -0.378 e. The molecule has 0 aromatic carbocycles. The molecule has 0 atom stereocenters. The summed E-state index contributed by atoms with van der Waals surface area (Å²) in [5.41, 5.74) is 0.246. The number of aromatic nitrogens is 1. The molecule has 2 amide bonds. The van der Waals surface area contributed by atoms with Gasteiger partial charge in [0.1, 0.15) is 5.15 Å². The lowest BCUT2D eigenvalue weighted by Crippen LogP contribution is -2.42. The topological polar surface area (TPSA) is 71.5 Å². The molecule has 8 heteroatoms. The molecule has 1 aromatic rings. The predicted molar refractivity (Wildman–Crippen MR) is 78.6 cm³/mol. The predicted octanol–water partition coefficient (Wildman–Crippen LogP) is 1.37. The summed E-state index contributed by atoms with van der Waals surface area (Å²) in [6.45, 7) is 2.55. The van der Waals surface area contributed by atoms with Crippen molar-refractivity contribution in [3.63, 3.8) is 0 Å². The fraction of sp³-hybridized carbons (Fsp3) is 0.462. The minimum absolute atomic E-state index is 0.00235. The van der Waals surface area contributed by atoms with Crippen LogP contribution in [0, 0.1) is 0 Å². The van der Waals surface area contributed by atoms with Crippen molar-refractivity contribution in [2.75, 3.05) is 32.8 Å². The number of pyridine rings is 1. The first-order chi connectivity index (χ1) is 10.1. The largest absolute Gasteiger partial charge is 0.378 e. The third-order valence-electron chi connectivity index (χ3n) is 3.05. The number of nitrogens with zero attached hydrogens (tertiary/aromatic N) is 2. The molecular weight excluding hydrogens is 317 g/mol. The van der Waals surface area contributed by atoms with Crippen LogP contribution in [0.1, 0.15) is 16.8 Å². The number of halogens is 2. The van der Waals surface area contributed by atoms with Gasteiger partial charge in [0.15, 0.2) is 0 Å². The zero-order chi connectivity index (χ0) is 15.2. The monoisotopic (exact) mass is 331 g/mol. The van der Waals surface area contributed by atoms with Gasteiger partial charge in [-0.05, 0) is 6.07 Å². The summed E-state index contributed by atoms with van der Waals surface area (Å²) < 4.78 is 5.18. The molecule has 2 rings (SSSR count). The van der Waals surface area contributed by atoms with E-state index < -0.39 is 0 Å². The third-order valence-corrected chi connectivity index (χ3v) is 3.56. The number of hydrogen-bond acceptors (Lipinski definition) is 4. The van der Waals surface area contributed by atoms with Crippen LogP contribution in [0.15, 0.2) is 12.3 Å². The SMILES string of the molecule is O=C(NCCC(=O)N1CCOCC1)c1cc(Cl)ncc1Cl. The van der Waals surface area contributed by atoms with E-state index >= 15 is 0 Å². The van der Waals surface area contributed by atoms with E-state index in [-0.39, 0.29) is 40.5 Å². The van der Waals surface area contributed by atoms with Gasteiger partial charge in [0.25, 0.3) is 5.91 Å². The molecule has 2 heterocycles. The van der Waals surface area contributed by atoms with Crippen LogP contribution in [-0.2, 0) is 9.53 Å². The van der Waals surface area contributed by atoms with Crippen LogP contribution in [-0.4, -0.2) is 54.5 Å². The van der Waals surface area contributed by atoms with Gasteiger partial charge in [0, 0.05) is 32.3 Å². The van der Waals surface area contributed by atoms with Crippen LogP contribution >= 0.6 is 23.2 Å². The second-order valence-corrected chi connectivity index (χ2v) is 5.28. The van der Waals surface area contributed by atoms with Gasteiger partial charge in [-0.3, -0.25) is 9.59 Å². The van der Waals surface area contributed by atoms with Crippen LogP contribution in [0.5, 0.6) is 0 Å². The molecule has 0 aliphatic carbocycles. The standard InChI is InChI=1S/C13H15Cl2N3O3/c14-10-8-17-11(15)7-9(10)13(20)16-2-1-12(19)18-3-5-21-6-4-18/h7-8H,1-6H2,(H,16,20). The number of carbonyl (C=O) groups is 2.